The lowest BCUT2D eigenvalue weighted by Gasteiger charge is -2.42. The summed E-state index contributed by atoms with van der Waals surface area (Å²) in [6, 6.07) is 10.6. The third-order valence-electron chi connectivity index (χ3n) is 5.09. The molecule has 0 radical (unpaired) electrons. The van der Waals surface area contributed by atoms with E-state index in [2.05, 4.69) is 33.5 Å². The molecule has 29 heavy (non-hydrogen) atoms. The van der Waals surface area contributed by atoms with Gasteiger partial charge in [0.2, 0.25) is 0 Å². The molecule has 1 N–H and O–H groups in total. The van der Waals surface area contributed by atoms with Gasteiger partial charge < -0.3 is 9.47 Å². The van der Waals surface area contributed by atoms with E-state index >= 15 is 0 Å². The molecule has 8 heteroatoms. The predicted molar refractivity (Wildman–Crippen MR) is 127 cm³/mol. The second-order valence-electron chi connectivity index (χ2n) is 6.92. The SMILES string of the molecule is CCSNC[C@@H]1OCCC2c3c(P)ccc(F)c3OCC21.Sc1ccc(Cl)cc1. The van der Waals surface area contributed by atoms with E-state index in [1.54, 1.807) is 11.9 Å². The van der Waals surface area contributed by atoms with E-state index in [1.165, 1.54) is 6.07 Å². The lowest BCUT2D eigenvalue weighted by atomic mass is 9.77. The molecular weight excluding hydrogens is 448 g/mol. The molecule has 2 aromatic carbocycles. The molecule has 2 aliphatic rings. The zero-order chi connectivity index (χ0) is 20.8. The van der Waals surface area contributed by atoms with Crippen molar-refractivity contribution in [3.05, 3.63) is 52.8 Å². The molecule has 0 aromatic heterocycles. The molecule has 3 nitrogen and oxygen atoms in total. The Morgan fingerprint density at radius 2 is 2.03 bits per heavy atom. The van der Waals surface area contributed by atoms with Gasteiger partial charge in [-0.25, -0.2) is 4.39 Å². The minimum atomic E-state index is -0.252. The lowest BCUT2D eigenvalue weighted by molar-refractivity contribution is -0.0554. The first-order valence-corrected chi connectivity index (χ1v) is 12.0. The molecule has 0 bridgehead atoms. The molecule has 4 atom stereocenters. The van der Waals surface area contributed by atoms with Gasteiger partial charge in [-0.2, -0.15) is 0 Å². The Balaban J connectivity index is 0.000000252. The van der Waals surface area contributed by atoms with Gasteiger partial charge in [0, 0.05) is 40.3 Å². The van der Waals surface area contributed by atoms with Crippen LogP contribution in [0.4, 0.5) is 4.39 Å². The van der Waals surface area contributed by atoms with Crippen molar-refractivity contribution < 1.29 is 13.9 Å². The van der Waals surface area contributed by atoms with Crippen LogP contribution < -0.4 is 14.8 Å². The Bertz CT molecular complexity index is 791. The Morgan fingerprint density at radius 1 is 1.28 bits per heavy atom. The summed E-state index contributed by atoms with van der Waals surface area (Å²) in [6.45, 7) is 4.18. The number of rotatable bonds is 4. The average Bonchev–Trinajstić information content (AvgIpc) is 2.73. The van der Waals surface area contributed by atoms with Gasteiger partial charge in [0.25, 0.3) is 0 Å². The summed E-state index contributed by atoms with van der Waals surface area (Å²) >= 11 is 11.3. The molecule has 0 spiro atoms. The maximum Gasteiger partial charge on any atom is 0.165 e. The summed E-state index contributed by atoms with van der Waals surface area (Å²) in [4.78, 5) is 0.939. The highest BCUT2D eigenvalue weighted by Gasteiger charge is 2.41. The van der Waals surface area contributed by atoms with Crippen molar-refractivity contribution in [3.63, 3.8) is 0 Å². The van der Waals surface area contributed by atoms with Crippen molar-refractivity contribution in [3.8, 4) is 5.75 Å². The van der Waals surface area contributed by atoms with E-state index in [4.69, 9.17) is 21.1 Å². The highest BCUT2D eigenvalue weighted by molar-refractivity contribution is 7.97. The summed E-state index contributed by atoms with van der Waals surface area (Å²) < 4.78 is 29.0. The van der Waals surface area contributed by atoms with Crippen molar-refractivity contribution in [1.82, 2.24) is 4.72 Å². The van der Waals surface area contributed by atoms with Crippen LogP contribution in [0.5, 0.6) is 5.75 Å². The van der Waals surface area contributed by atoms with E-state index in [-0.39, 0.29) is 17.8 Å². The number of thiol groups is 1. The van der Waals surface area contributed by atoms with E-state index in [9.17, 15) is 4.39 Å². The smallest absolute Gasteiger partial charge is 0.165 e. The number of halogens is 2. The predicted octanol–water partition coefficient (Wildman–Crippen LogP) is 5.09. The average molecular weight is 474 g/mol. The Morgan fingerprint density at radius 3 is 2.72 bits per heavy atom. The molecule has 2 heterocycles. The van der Waals surface area contributed by atoms with Crippen molar-refractivity contribution in [2.45, 2.75) is 30.3 Å². The molecular formula is C21H26ClFNO2PS2. The summed E-state index contributed by atoms with van der Waals surface area (Å²) in [5.41, 5.74) is 1.02. The van der Waals surface area contributed by atoms with Crippen LogP contribution in [0.2, 0.25) is 5.02 Å². The van der Waals surface area contributed by atoms with Crippen molar-refractivity contribution >= 4 is 50.7 Å². The summed E-state index contributed by atoms with van der Waals surface area (Å²) in [5.74, 6) is 1.83. The minimum absolute atomic E-state index is 0.128. The number of ether oxygens (including phenoxy) is 2. The molecule has 1 fully saturated rings. The highest BCUT2D eigenvalue weighted by Crippen LogP contribution is 2.44. The maximum atomic E-state index is 14.0. The number of nitrogens with one attached hydrogen (secondary N) is 1. The fourth-order valence-corrected chi connectivity index (χ4v) is 4.92. The number of hydrogen-bond acceptors (Lipinski definition) is 5. The van der Waals surface area contributed by atoms with E-state index < -0.39 is 0 Å². The van der Waals surface area contributed by atoms with Crippen LogP contribution >= 0.6 is 45.4 Å². The molecule has 4 rings (SSSR count). The molecule has 3 unspecified atom stereocenters. The minimum Gasteiger partial charge on any atom is -0.490 e. The fraction of sp³-hybridized carbons (Fsp3) is 0.429. The van der Waals surface area contributed by atoms with Crippen LogP contribution in [0.15, 0.2) is 41.3 Å². The first-order chi connectivity index (χ1) is 14.0. The summed E-state index contributed by atoms with van der Waals surface area (Å²) in [6.07, 6.45) is 1.06. The zero-order valence-corrected chi connectivity index (χ0v) is 19.9. The first-order valence-electron chi connectivity index (χ1n) is 9.62. The third-order valence-corrected chi connectivity index (χ3v) is 6.80. The Labute approximate surface area is 189 Å². The Hall–Kier alpha value is -0.490. The number of fused-ring (bicyclic) bond motifs is 3. The van der Waals surface area contributed by atoms with E-state index in [0.29, 0.717) is 18.3 Å². The monoisotopic (exact) mass is 473 g/mol. The van der Waals surface area contributed by atoms with Gasteiger partial charge in [-0.15, -0.1) is 21.9 Å². The van der Waals surface area contributed by atoms with Crippen LogP contribution in [0.3, 0.4) is 0 Å². The Kier molecular flexibility index (Phi) is 8.97. The number of benzene rings is 2. The van der Waals surface area contributed by atoms with Gasteiger partial charge in [0.1, 0.15) is 0 Å². The van der Waals surface area contributed by atoms with Gasteiger partial charge >= 0.3 is 0 Å². The van der Waals surface area contributed by atoms with Crippen LogP contribution in [-0.4, -0.2) is 31.6 Å². The highest BCUT2D eigenvalue weighted by atomic mass is 35.5. The van der Waals surface area contributed by atoms with Gasteiger partial charge in [-0.3, -0.25) is 4.72 Å². The van der Waals surface area contributed by atoms with Crippen molar-refractivity contribution in [2.24, 2.45) is 5.92 Å². The largest absolute Gasteiger partial charge is 0.490 e. The fourth-order valence-electron chi connectivity index (χ4n) is 3.72. The second-order valence-corrected chi connectivity index (χ2v) is 9.65. The van der Waals surface area contributed by atoms with Gasteiger partial charge in [0.15, 0.2) is 11.6 Å². The van der Waals surface area contributed by atoms with Crippen LogP contribution in [0.1, 0.15) is 24.8 Å². The van der Waals surface area contributed by atoms with Crippen LogP contribution in [0, 0.1) is 11.7 Å². The van der Waals surface area contributed by atoms with Crippen molar-refractivity contribution in [2.75, 3.05) is 25.5 Å². The summed E-state index contributed by atoms with van der Waals surface area (Å²) in [7, 11) is 2.71. The molecule has 0 saturated carbocycles. The van der Waals surface area contributed by atoms with Crippen LogP contribution in [0.25, 0.3) is 0 Å². The quantitative estimate of drug-likeness (QED) is 0.280. The number of hydrogen-bond donors (Lipinski definition) is 2. The van der Waals surface area contributed by atoms with Crippen LogP contribution in [-0.2, 0) is 4.74 Å². The normalized spacial score (nSPS) is 22.6. The standard InChI is InChI=1S/C15H21FNO2PS.C6H5ClS/c1-2-21-17-7-12-10-8-19-15-11(16)3-4-13(20)14(15)9(10)5-6-18-12;7-5-1-3-6(8)4-2-5/h3-4,9-10,12,17H,2,5-8,20H2,1H3;1-4,8H/t9?,10?,12-;/m0./s1. The van der Waals surface area contributed by atoms with E-state index in [0.717, 1.165) is 46.1 Å². The molecule has 158 valence electrons. The zero-order valence-electron chi connectivity index (χ0n) is 16.2. The van der Waals surface area contributed by atoms with Gasteiger partial charge in [-0.05, 0) is 48.0 Å². The molecule has 0 amide bonds. The lowest BCUT2D eigenvalue weighted by Crippen LogP contribution is -2.46. The molecule has 0 aliphatic carbocycles. The molecule has 2 aliphatic heterocycles. The molecule has 1 saturated heterocycles. The maximum absolute atomic E-state index is 14.0. The van der Waals surface area contributed by atoms with Crippen molar-refractivity contribution in [1.29, 1.82) is 0 Å². The first kappa shape index (κ1) is 23.2. The molecule has 2 aromatic rings. The van der Waals surface area contributed by atoms with E-state index in [1.807, 2.05) is 30.3 Å². The second kappa shape index (κ2) is 11.2. The third kappa shape index (κ3) is 6.03. The van der Waals surface area contributed by atoms with Gasteiger partial charge in [-0.1, -0.05) is 36.5 Å². The summed E-state index contributed by atoms with van der Waals surface area (Å²) in [5, 5.41) is 1.79. The topological polar surface area (TPSA) is 30.5 Å². The van der Waals surface area contributed by atoms with Gasteiger partial charge in [0.05, 0.1) is 12.7 Å².